The maximum atomic E-state index is 4.94. The Morgan fingerprint density at radius 1 is 0.303 bits per heavy atom. The molecule has 0 bridgehead atoms. The van der Waals surface area contributed by atoms with Crippen LogP contribution in [0, 0.1) is 0 Å². The van der Waals surface area contributed by atoms with Crippen molar-refractivity contribution in [2.45, 2.75) is 51.4 Å². The average molecular weight is 929 g/mol. The van der Waals surface area contributed by atoms with Gasteiger partial charge in [-0.05, 0) is 100 Å². The van der Waals surface area contributed by atoms with E-state index < -0.39 is 15.1 Å². The molecule has 8 aromatic heterocycles. The number of ether oxygens (including phenoxy) is 4. The van der Waals surface area contributed by atoms with Crippen LogP contribution < -0.4 is 20.4 Å². The van der Waals surface area contributed by atoms with E-state index in [2.05, 4.69) is 59.2 Å². The summed E-state index contributed by atoms with van der Waals surface area (Å²) in [7, 11) is -1.44. The van der Waals surface area contributed by atoms with E-state index in [1.54, 1.807) is 24.8 Å². The van der Waals surface area contributed by atoms with Gasteiger partial charge in [-0.1, -0.05) is 0 Å². The first kappa shape index (κ1) is 55.6. The molecule has 0 atom stereocenters. The van der Waals surface area contributed by atoms with Gasteiger partial charge in [0.05, 0.1) is 0 Å². The van der Waals surface area contributed by atoms with Gasteiger partial charge in [-0.3, -0.25) is 0 Å². The number of rotatable bonds is 8. The Morgan fingerprint density at radius 2 is 0.530 bits per heavy atom. The van der Waals surface area contributed by atoms with E-state index in [1.807, 2.05) is 141 Å². The summed E-state index contributed by atoms with van der Waals surface area (Å²) in [4.78, 5) is 0. The monoisotopic (exact) mass is 929 g/mol. The minimum absolute atomic E-state index is 0. The number of aromatic amines is 4. The van der Waals surface area contributed by atoms with Crippen molar-refractivity contribution < 1.29 is 39.3 Å². The van der Waals surface area contributed by atoms with E-state index >= 15 is 0 Å². The van der Waals surface area contributed by atoms with Crippen molar-refractivity contribution in [3.05, 3.63) is 148 Å². The van der Waals surface area contributed by atoms with Gasteiger partial charge in [0.2, 0.25) is 0 Å². The number of hydrogen-bond acceptors (Lipinski definition) is 8. The van der Waals surface area contributed by atoms with Crippen molar-refractivity contribution >= 4 is 76.3 Å². The predicted molar refractivity (Wildman–Crippen MR) is 262 cm³/mol. The molecule has 4 saturated heterocycles. The fourth-order valence-electron chi connectivity index (χ4n) is 6.78. The van der Waals surface area contributed by atoms with Crippen molar-refractivity contribution in [3.8, 4) is 0 Å². The second kappa shape index (κ2) is 37.4. The summed E-state index contributed by atoms with van der Waals surface area (Å²) in [6.07, 6.45) is 41.0. The zero-order valence-electron chi connectivity index (χ0n) is 39.6. The largest absolute Gasteiger partial charge is 2.00 e. The molecule has 0 aromatic carbocycles. The van der Waals surface area contributed by atoms with Gasteiger partial charge in [0.15, 0.2) is 39.9 Å². The van der Waals surface area contributed by atoms with E-state index in [-0.39, 0.29) is 61.2 Å². The molecule has 344 valence electrons. The van der Waals surface area contributed by atoms with Crippen LogP contribution in [-0.4, -0.2) is 186 Å². The predicted octanol–water partition coefficient (Wildman–Crippen LogP) is -2.00. The maximum absolute atomic E-state index is 4.94. The molecule has 0 amide bonds. The number of nitrogens with zero attached hydrogens (tertiary/aromatic N) is 12. The third-order valence-electron chi connectivity index (χ3n) is 10.3. The summed E-state index contributed by atoms with van der Waals surface area (Å²) in [6, 6.07) is 15.7. The molecule has 4 fully saturated rings. The quantitative estimate of drug-likeness (QED) is 0.157. The average Bonchev–Trinajstić information content (AvgIpc) is 4.18. The molecular weight excluding hydrogens is 860 g/mol. The first-order valence-electron chi connectivity index (χ1n) is 23.2. The van der Waals surface area contributed by atoms with Crippen LogP contribution in [0.2, 0.25) is 0 Å². The Morgan fingerprint density at radius 3 is 0.667 bits per heavy atom. The standard InChI is InChI=1S/4C6H8BN4.4C4H8O.2Mg/c4*1-3-8-10(5-1)7-11-6-2-4-9-11;4*1-2-4-5-3-1;;/h4*1-6H,7H2;4*1-4H2;;/q4*-1;;;;;2*+2/p+4. The molecule has 0 aliphatic carbocycles. The van der Waals surface area contributed by atoms with Gasteiger partial charge in [-0.25, -0.2) is 20.4 Å². The number of nitrogens with one attached hydrogen (secondary N) is 4. The van der Waals surface area contributed by atoms with Crippen LogP contribution >= 0.6 is 0 Å². The van der Waals surface area contributed by atoms with E-state index in [0.717, 1.165) is 52.9 Å². The second-order valence-corrected chi connectivity index (χ2v) is 15.8. The van der Waals surface area contributed by atoms with Gasteiger partial charge in [-0.2, -0.15) is 20.4 Å². The molecule has 12 heterocycles. The number of aromatic nitrogens is 16. The van der Waals surface area contributed by atoms with E-state index in [0.29, 0.717) is 0 Å². The third-order valence-corrected chi connectivity index (χ3v) is 10.3. The normalized spacial score (nSPS) is 14.1. The Labute approximate surface area is 422 Å². The molecule has 4 aliphatic rings. The fraction of sp³-hybridized carbons (Fsp3) is 0.400. The Hall–Kier alpha value is -4.69. The van der Waals surface area contributed by atoms with E-state index in [9.17, 15) is 0 Å². The Bertz CT molecular complexity index is 1640. The number of H-pyrrole nitrogens is 4. The molecule has 0 radical (unpaired) electrons. The van der Waals surface area contributed by atoms with Gasteiger partial charge >= 0.3 is 46.1 Å². The molecule has 4 N–H and O–H groups in total. The Balaban J connectivity index is 0.000000204. The summed E-state index contributed by atoms with van der Waals surface area (Å²) >= 11 is 0. The molecule has 12 rings (SSSR count). The van der Waals surface area contributed by atoms with E-state index in [1.165, 1.54) is 51.4 Å². The Kier molecular flexibility index (Phi) is 31.5. The fourth-order valence-corrected chi connectivity index (χ4v) is 6.78. The van der Waals surface area contributed by atoms with Crippen molar-refractivity contribution in [2.75, 3.05) is 52.9 Å². The van der Waals surface area contributed by atoms with Crippen LogP contribution in [0.4, 0.5) is 0 Å². The molecule has 66 heavy (non-hydrogen) atoms. The van der Waals surface area contributed by atoms with Crippen LogP contribution in [0.15, 0.2) is 148 Å². The first-order valence-corrected chi connectivity index (χ1v) is 23.2. The molecule has 20 nitrogen and oxygen atoms in total. The molecule has 8 aromatic rings. The summed E-state index contributed by atoms with van der Waals surface area (Å²) in [5.74, 6) is 0. The summed E-state index contributed by atoms with van der Waals surface area (Å²) < 4.78 is 35.9. The minimum atomic E-state index is -0.417. The topological polar surface area (TPSA) is 184 Å². The zero-order valence-corrected chi connectivity index (χ0v) is 42.4. The van der Waals surface area contributed by atoms with E-state index in [4.69, 9.17) is 18.9 Å². The van der Waals surface area contributed by atoms with Crippen molar-refractivity contribution in [1.82, 2.24) is 57.1 Å². The van der Waals surface area contributed by atoms with Crippen LogP contribution in [-0.2, 0) is 18.9 Å². The van der Waals surface area contributed by atoms with Crippen LogP contribution in [0.25, 0.3) is 0 Å². The van der Waals surface area contributed by atoms with Gasteiger partial charge in [-0.15, -0.1) is 0 Å². The van der Waals surface area contributed by atoms with Gasteiger partial charge in [0.1, 0.15) is 0 Å². The molecular formula is C40H68B4Mg2N16O4+4. The minimum Gasteiger partial charge on any atom is -0.429 e. The van der Waals surface area contributed by atoms with Crippen molar-refractivity contribution in [1.29, 1.82) is 0 Å². The van der Waals surface area contributed by atoms with Crippen LogP contribution in [0.5, 0.6) is 0 Å². The molecule has 0 spiro atoms. The van der Waals surface area contributed by atoms with Gasteiger partial charge in [0, 0.05) is 127 Å². The van der Waals surface area contributed by atoms with Crippen LogP contribution in [0.3, 0.4) is 0 Å². The molecule has 0 unspecified atom stereocenters. The maximum Gasteiger partial charge on any atom is 2.00 e. The second-order valence-electron chi connectivity index (χ2n) is 15.8. The zero-order chi connectivity index (χ0) is 44.2. The summed E-state index contributed by atoms with van der Waals surface area (Å²) in [6.45, 7) is 8.00. The van der Waals surface area contributed by atoms with Crippen molar-refractivity contribution in [3.63, 3.8) is 0 Å². The smallest absolute Gasteiger partial charge is 0.429 e. The van der Waals surface area contributed by atoms with Crippen molar-refractivity contribution in [2.24, 2.45) is 0 Å². The first-order chi connectivity index (χ1) is 31.8. The van der Waals surface area contributed by atoms with Crippen LogP contribution in [0.1, 0.15) is 51.4 Å². The SMILES string of the molecule is C1CCOC1.C1CCOC1.C1CCOC1.C1CCOC1.[BH2-](n1ccc[nH+]1)n1ccc[nH+]1.[BH2-](n1ccc[nH+]1)n1ccc[nH+]1.[BH2-](n1cccn1)n1cccn1.[BH2-](n1cccn1)n1cccn1.[Mg+2].[Mg+2]. The van der Waals surface area contributed by atoms with Gasteiger partial charge < -0.3 is 55.7 Å². The van der Waals surface area contributed by atoms with Gasteiger partial charge in [0.25, 0.3) is 15.1 Å². The molecule has 26 heteroatoms. The third kappa shape index (κ3) is 26.5. The summed E-state index contributed by atoms with van der Waals surface area (Å²) in [5.41, 5.74) is 0. The number of hydrogen-bond donors (Lipinski definition) is 0. The summed E-state index contributed by atoms with van der Waals surface area (Å²) in [5, 5.41) is 28.8. The molecule has 4 aliphatic heterocycles. The molecule has 0 saturated carbocycles.